The van der Waals surface area contributed by atoms with Crippen LogP contribution in [0.5, 0.6) is 5.75 Å². The number of aryl methyl sites for hydroxylation is 1. The molecule has 9 heteroatoms. The van der Waals surface area contributed by atoms with Crippen molar-refractivity contribution in [3.05, 3.63) is 83.8 Å². The van der Waals surface area contributed by atoms with Gasteiger partial charge >= 0.3 is 10.1 Å². The van der Waals surface area contributed by atoms with Crippen molar-refractivity contribution in [2.45, 2.75) is 11.8 Å². The average molecular weight is 441 g/mol. The van der Waals surface area contributed by atoms with Crippen LogP contribution in [0.2, 0.25) is 0 Å². The Bertz CT molecular complexity index is 1280. The van der Waals surface area contributed by atoms with Crippen molar-refractivity contribution in [2.24, 2.45) is 0 Å². The molecule has 7 nitrogen and oxygen atoms in total. The number of nitrogens with one attached hydrogen (secondary N) is 1. The first-order valence-electron chi connectivity index (χ1n) is 8.83. The van der Waals surface area contributed by atoms with Crippen LogP contribution in [0.3, 0.4) is 0 Å². The van der Waals surface area contributed by atoms with Crippen molar-refractivity contribution in [2.75, 3.05) is 5.32 Å². The molecule has 0 fully saturated rings. The maximum absolute atomic E-state index is 12.7. The Labute approximate surface area is 177 Å². The highest BCUT2D eigenvalue weighted by Crippen LogP contribution is 2.27. The second-order valence-electron chi connectivity index (χ2n) is 6.32. The van der Waals surface area contributed by atoms with Crippen molar-refractivity contribution in [3.8, 4) is 16.3 Å². The van der Waals surface area contributed by atoms with Crippen molar-refractivity contribution in [1.29, 1.82) is 0 Å². The Hall–Kier alpha value is -3.43. The summed E-state index contributed by atoms with van der Waals surface area (Å²) >= 11 is 1.44. The Morgan fingerprint density at radius 2 is 1.90 bits per heavy atom. The molecule has 0 saturated heterocycles. The summed E-state index contributed by atoms with van der Waals surface area (Å²) in [5.41, 5.74) is 2.05. The highest BCUT2D eigenvalue weighted by molar-refractivity contribution is 7.87. The monoisotopic (exact) mass is 440 g/mol. The predicted molar refractivity (Wildman–Crippen MR) is 113 cm³/mol. The SMILES string of the molecule is Cc1csc(-c2cccc(S(=O)(=O)Oc3ccc(NC(=O)c4ccco4)cc3)c2)n1. The number of furan rings is 1. The summed E-state index contributed by atoms with van der Waals surface area (Å²) in [5, 5.41) is 5.29. The molecule has 2 aromatic heterocycles. The molecule has 30 heavy (non-hydrogen) atoms. The fourth-order valence-electron chi connectivity index (χ4n) is 2.64. The van der Waals surface area contributed by atoms with Crippen LogP contribution in [-0.2, 0) is 10.1 Å². The van der Waals surface area contributed by atoms with E-state index >= 15 is 0 Å². The molecule has 0 spiro atoms. The molecule has 1 N–H and O–H groups in total. The summed E-state index contributed by atoms with van der Waals surface area (Å²) in [5.74, 6) is -0.106. The number of carbonyl (C=O) groups is 1. The van der Waals surface area contributed by atoms with Crippen LogP contribution in [0, 0.1) is 6.92 Å². The molecule has 1 amide bonds. The second-order valence-corrected chi connectivity index (χ2v) is 8.72. The zero-order valence-corrected chi connectivity index (χ0v) is 17.4. The van der Waals surface area contributed by atoms with Crippen molar-refractivity contribution < 1.29 is 21.8 Å². The number of amides is 1. The minimum absolute atomic E-state index is 0.0306. The summed E-state index contributed by atoms with van der Waals surface area (Å²) in [4.78, 5) is 16.4. The Morgan fingerprint density at radius 3 is 2.57 bits per heavy atom. The van der Waals surface area contributed by atoms with E-state index in [0.717, 1.165) is 10.7 Å². The summed E-state index contributed by atoms with van der Waals surface area (Å²) in [7, 11) is -4.03. The van der Waals surface area contributed by atoms with Crippen LogP contribution in [0.4, 0.5) is 5.69 Å². The number of carbonyl (C=O) groups excluding carboxylic acids is 1. The van der Waals surface area contributed by atoms with Gasteiger partial charge in [-0.1, -0.05) is 12.1 Å². The fraction of sp³-hybridized carbons (Fsp3) is 0.0476. The van der Waals surface area contributed by atoms with Gasteiger partial charge in [0.15, 0.2) is 5.76 Å². The molecule has 2 aromatic carbocycles. The van der Waals surface area contributed by atoms with Crippen LogP contribution < -0.4 is 9.50 Å². The van der Waals surface area contributed by atoms with Gasteiger partial charge in [0.25, 0.3) is 5.91 Å². The summed E-state index contributed by atoms with van der Waals surface area (Å²) in [6, 6.07) is 15.6. The molecule has 0 aliphatic heterocycles. The zero-order chi connectivity index (χ0) is 21.1. The van der Waals surface area contributed by atoms with E-state index < -0.39 is 16.0 Å². The summed E-state index contributed by atoms with van der Waals surface area (Å²) in [6.45, 7) is 1.88. The molecule has 0 unspecified atom stereocenters. The molecule has 0 aliphatic carbocycles. The number of benzene rings is 2. The van der Waals surface area contributed by atoms with E-state index in [1.54, 1.807) is 36.4 Å². The minimum Gasteiger partial charge on any atom is -0.459 e. The summed E-state index contributed by atoms with van der Waals surface area (Å²) in [6.07, 6.45) is 1.40. The van der Waals surface area contributed by atoms with Gasteiger partial charge in [0.2, 0.25) is 0 Å². The number of hydrogen-bond donors (Lipinski definition) is 1. The first-order chi connectivity index (χ1) is 14.4. The number of anilines is 1. The van der Waals surface area contributed by atoms with E-state index in [4.69, 9.17) is 8.60 Å². The van der Waals surface area contributed by atoms with Gasteiger partial charge in [0.1, 0.15) is 15.7 Å². The quantitative estimate of drug-likeness (QED) is 0.435. The highest BCUT2D eigenvalue weighted by atomic mass is 32.2. The molecule has 4 rings (SSSR count). The predicted octanol–water partition coefficient (Wildman–Crippen LogP) is 4.73. The Morgan fingerprint density at radius 1 is 1.10 bits per heavy atom. The highest BCUT2D eigenvalue weighted by Gasteiger charge is 2.18. The normalized spacial score (nSPS) is 11.2. The second kappa shape index (κ2) is 8.13. The topological polar surface area (TPSA) is 98.5 Å². The molecule has 2 heterocycles. The summed E-state index contributed by atoms with van der Waals surface area (Å²) < 4.78 is 35.6. The smallest absolute Gasteiger partial charge is 0.339 e. The molecule has 0 radical (unpaired) electrons. The Kier molecular flexibility index (Phi) is 5.39. The van der Waals surface area contributed by atoms with Gasteiger partial charge in [-0.3, -0.25) is 4.79 Å². The van der Waals surface area contributed by atoms with E-state index in [0.29, 0.717) is 11.3 Å². The molecule has 152 valence electrons. The molecule has 0 aliphatic rings. The van der Waals surface area contributed by atoms with E-state index in [9.17, 15) is 13.2 Å². The lowest BCUT2D eigenvalue weighted by molar-refractivity contribution is 0.0996. The van der Waals surface area contributed by atoms with Crippen molar-refractivity contribution >= 4 is 33.0 Å². The fourth-order valence-corrected chi connectivity index (χ4v) is 4.41. The first kappa shape index (κ1) is 19.9. The van der Waals surface area contributed by atoms with E-state index in [2.05, 4.69) is 10.3 Å². The third-order valence-electron chi connectivity index (χ3n) is 4.05. The average Bonchev–Trinajstić information content (AvgIpc) is 3.41. The molecule has 0 saturated carbocycles. The molecule has 0 atom stereocenters. The third kappa shape index (κ3) is 4.42. The molecule has 0 bridgehead atoms. The largest absolute Gasteiger partial charge is 0.459 e. The number of rotatable bonds is 6. The molecule has 4 aromatic rings. The van der Waals surface area contributed by atoms with Crippen LogP contribution in [0.15, 0.2) is 81.6 Å². The number of thiazole rings is 1. The van der Waals surface area contributed by atoms with Crippen molar-refractivity contribution in [1.82, 2.24) is 4.98 Å². The molecular weight excluding hydrogens is 424 g/mol. The van der Waals surface area contributed by atoms with Gasteiger partial charge in [0.05, 0.1) is 6.26 Å². The minimum atomic E-state index is -4.03. The lowest BCUT2D eigenvalue weighted by Crippen LogP contribution is -2.11. The van der Waals surface area contributed by atoms with Crippen LogP contribution in [0.25, 0.3) is 10.6 Å². The van der Waals surface area contributed by atoms with Crippen LogP contribution >= 0.6 is 11.3 Å². The number of aromatic nitrogens is 1. The van der Waals surface area contributed by atoms with Gasteiger partial charge in [0, 0.05) is 22.3 Å². The van der Waals surface area contributed by atoms with E-state index in [-0.39, 0.29) is 16.4 Å². The third-order valence-corrected chi connectivity index (χ3v) is 6.30. The van der Waals surface area contributed by atoms with Crippen LogP contribution in [0.1, 0.15) is 16.2 Å². The van der Waals surface area contributed by atoms with E-state index in [1.165, 1.54) is 41.9 Å². The Balaban J connectivity index is 1.49. The lowest BCUT2D eigenvalue weighted by atomic mass is 10.2. The molecular formula is C21H16N2O5S2. The maximum atomic E-state index is 12.7. The number of nitrogens with zero attached hydrogens (tertiary/aromatic N) is 1. The van der Waals surface area contributed by atoms with Gasteiger partial charge in [-0.05, 0) is 55.5 Å². The standard InChI is InChI=1S/C21H16N2O5S2/c1-14-13-29-21(22-14)15-4-2-5-18(12-15)30(25,26)28-17-9-7-16(8-10-17)23-20(24)19-6-3-11-27-19/h2-13H,1H3,(H,23,24). The number of hydrogen-bond acceptors (Lipinski definition) is 7. The van der Waals surface area contributed by atoms with Crippen molar-refractivity contribution in [3.63, 3.8) is 0 Å². The van der Waals surface area contributed by atoms with Crippen LogP contribution in [-0.4, -0.2) is 19.3 Å². The maximum Gasteiger partial charge on any atom is 0.339 e. The van der Waals surface area contributed by atoms with E-state index in [1.807, 2.05) is 12.3 Å². The first-order valence-corrected chi connectivity index (χ1v) is 11.1. The van der Waals surface area contributed by atoms with Gasteiger partial charge in [-0.25, -0.2) is 4.98 Å². The van der Waals surface area contributed by atoms with Gasteiger partial charge < -0.3 is 13.9 Å². The zero-order valence-electron chi connectivity index (χ0n) is 15.7. The lowest BCUT2D eigenvalue weighted by Gasteiger charge is -2.09. The van der Waals surface area contributed by atoms with Gasteiger partial charge in [-0.15, -0.1) is 11.3 Å². The van der Waals surface area contributed by atoms with Gasteiger partial charge in [-0.2, -0.15) is 8.42 Å².